The van der Waals surface area contributed by atoms with Gasteiger partial charge in [-0.2, -0.15) is 10.4 Å². The van der Waals surface area contributed by atoms with E-state index in [1.807, 2.05) is 26.1 Å². The Hall–Kier alpha value is -2.35. The van der Waals surface area contributed by atoms with Gasteiger partial charge in [-0.3, -0.25) is 4.68 Å². The van der Waals surface area contributed by atoms with Crippen molar-refractivity contribution in [1.29, 1.82) is 5.26 Å². The molecule has 5 nitrogen and oxygen atoms in total. The van der Waals surface area contributed by atoms with Crippen LogP contribution < -0.4 is 5.32 Å². The second-order valence-electron chi connectivity index (χ2n) is 3.57. The van der Waals surface area contributed by atoms with Crippen LogP contribution in [-0.2, 0) is 7.05 Å². The molecule has 0 bridgehead atoms. The number of rotatable bonds is 3. The average molecular weight is 227 g/mol. The first kappa shape index (κ1) is 11.1. The van der Waals surface area contributed by atoms with E-state index < -0.39 is 0 Å². The summed E-state index contributed by atoms with van der Waals surface area (Å²) in [6.07, 6.45) is 1.72. The molecule has 0 fully saturated rings. The summed E-state index contributed by atoms with van der Waals surface area (Å²) in [5, 5.41) is 16.2. The minimum Gasteiger partial charge on any atom is -0.369 e. The van der Waals surface area contributed by atoms with Crippen LogP contribution in [0.1, 0.15) is 12.5 Å². The molecule has 0 aliphatic rings. The highest BCUT2D eigenvalue weighted by Crippen LogP contribution is 2.20. The Balaban J connectivity index is 2.48. The number of anilines is 1. The third-order valence-corrected chi connectivity index (χ3v) is 2.44. The van der Waals surface area contributed by atoms with Gasteiger partial charge in [0.25, 0.3) is 0 Å². The van der Waals surface area contributed by atoms with E-state index in [4.69, 9.17) is 5.26 Å². The largest absolute Gasteiger partial charge is 0.369 e. The third-order valence-electron chi connectivity index (χ3n) is 2.44. The van der Waals surface area contributed by atoms with Crippen LogP contribution in [0.4, 0.5) is 5.82 Å². The number of nitrogens with one attached hydrogen (secondary N) is 1. The fraction of sp³-hybridized carbons (Fsp3) is 0.250. The molecule has 0 radical (unpaired) electrons. The van der Waals surface area contributed by atoms with Gasteiger partial charge in [-0.25, -0.2) is 4.98 Å². The molecule has 0 unspecified atom stereocenters. The van der Waals surface area contributed by atoms with Crippen LogP contribution in [0.2, 0.25) is 0 Å². The molecule has 0 aromatic carbocycles. The van der Waals surface area contributed by atoms with Gasteiger partial charge in [0.15, 0.2) is 0 Å². The lowest BCUT2D eigenvalue weighted by Gasteiger charge is -2.07. The quantitative estimate of drug-likeness (QED) is 0.868. The second kappa shape index (κ2) is 4.66. The fourth-order valence-electron chi connectivity index (χ4n) is 1.62. The van der Waals surface area contributed by atoms with Crippen molar-refractivity contribution >= 4 is 5.82 Å². The number of aromatic nitrogens is 3. The van der Waals surface area contributed by atoms with Gasteiger partial charge in [-0.15, -0.1) is 0 Å². The van der Waals surface area contributed by atoms with Crippen molar-refractivity contribution in [2.45, 2.75) is 6.92 Å². The highest BCUT2D eigenvalue weighted by Gasteiger charge is 2.08. The molecule has 2 heterocycles. The highest BCUT2D eigenvalue weighted by atomic mass is 15.3. The Morgan fingerprint density at radius 3 is 2.82 bits per heavy atom. The minimum absolute atomic E-state index is 0.553. The first-order valence-electron chi connectivity index (χ1n) is 5.39. The maximum atomic E-state index is 8.97. The lowest BCUT2D eigenvalue weighted by atomic mass is 10.2. The molecule has 0 spiro atoms. The number of aryl methyl sites for hydroxylation is 1. The molecule has 2 rings (SSSR count). The molecule has 1 N–H and O–H groups in total. The van der Waals surface area contributed by atoms with Crippen molar-refractivity contribution in [3.8, 4) is 17.5 Å². The van der Waals surface area contributed by atoms with Crippen LogP contribution in [0, 0.1) is 11.3 Å². The summed E-state index contributed by atoms with van der Waals surface area (Å²) in [6.45, 7) is 2.70. The van der Waals surface area contributed by atoms with Crippen molar-refractivity contribution in [2.75, 3.05) is 11.9 Å². The van der Waals surface area contributed by atoms with Gasteiger partial charge in [0.2, 0.25) is 0 Å². The van der Waals surface area contributed by atoms with Crippen molar-refractivity contribution in [3.05, 3.63) is 30.0 Å². The zero-order valence-electron chi connectivity index (χ0n) is 9.81. The summed E-state index contributed by atoms with van der Waals surface area (Å²) in [5.41, 5.74) is 2.28. The Kier molecular flexibility index (Phi) is 3.06. The van der Waals surface area contributed by atoms with Gasteiger partial charge < -0.3 is 5.32 Å². The number of hydrogen-bond donors (Lipinski definition) is 1. The van der Waals surface area contributed by atoms with Crippen molar-refractivity contribution in [2.24, 2.45) is 7.05 Å². The molecule has 0 saturated heterocycles. The summed E-state index contributed by atoms with van der Waals surface area (Å²) < 4.78 is 1.75. The maximum Gasteiger partial charge on any atom is 0.144 e. The van der Waals surface area contributed by atoms with Gasteiger partial charge in [0.1, 0.15) is 11.9 Å². The number of hydrogen-bond acceptors (Lipinski definition) is 4. The van der Waals surface area contributed by atoms with E-state index >= 15 is 0 Å². The number of nitriles is 1. The van der Waals surface area contributed by atoms with Crippen LogP contribution in [0.25, 0.3) is 11.4 Å². The maximum absolute atomic E-state index is 8.97. The Labute approximate surface area is 99.7 Å². The molecule has 2 aromatic rings. The van der Waals surface area contributed by atoms with Crippen LogP contribution in [-0.4, -0.2) is 21.3 Å². The normalized spacial score (nSPS) is 9.94. The van der Waals surface area contributed by atoms with E-state index in [1.54, 1.807) is 16.9 Å². The van der Waals surface area contributed by atoms with Crippen molar-refractivity contribution < 1.29 is 0 Å². The molecule has 0 amide bonds. The third kappa shape index (κ3) is 2.11. The van der Waals surface area contributed by atoms with E-state index in [1.165, 1.54) is 0 Å². The summed E-state index contributed by atoms with van der Waals surface area (Å²) >= 11 is 0. The summed E-state index contributed by atoms with van der Waals surface area (Å²) in [4.78, 5) is 4.44. The van der Waals surface area contributed by atoms with E-state index in [-0.39, 0.29) is 0 Å². The van der Waals surface area contributed by atoms with Gasteiger partial charge >= 0.3 is 0 Å². The van der Waals surface area contributed by atoms with Crippen LogP contribution in [0.5, 0.6) is 0 Å². The topological polar surface area (TPSA) is 66.5 Å². The molecule has 5 heteroatoms. The molecule has 17 heavy (non-hydrogen) atoms. The zero-order chi connectivity index (χ0) is 12.3. The predicted molar refractivity (Wildman–Crippen MR) is 65.3 cm³/mol. The first-order valence-corrected chi connectivity index (χ1v) is 5.39. The molecule has 0 saturated carbocycles. The molecule has 2 aromatic heterocycles. The van der Waals surface area contributed by atoms with E-state index in [2.05, 4.69) is 21.5 Å². The van der Waals surface area contributed by atoms with Crippen LogP contribution >= 0.6 is 0 Å². The highest BCUT2D eigenvalue weighted by molar-refractivity contribution is 5.62. The Morgan fingerprint density at radius 1 is 1.41 bits per heavy atom. The molecular weight excluding hydrogens is 214 g/mol. The SMILES string of the molecule is CCNc1nc(-c2ccnn2C)ccc1C#N. The van der Waals surface area contributed by atoms with Crippen LogP contribution in [0.15, 0.2) is 24.4 Å². The number of pyridine rings is 1. The number of nitrogens with zero attached hydrogens (tertiary/aromatic N) is 4. The lowest BCUT2D eigenvalue weighted by molar-refractivity contribution is 0.773. The fourth-order valence-corrected chi connectivity index (χ4v) is 1.62. The first-order chi connectivity index (χ1) is 8.26. The molecule has 0 aliphatic heterocycles. The predicted octanol–water partition coefficient (Wildman–Crippen LogP) is 1.79. The average Bonchev–Trinajstić information content (AvgIpc) is 2.76. The van der Waals surface area contributed by atoms with Gasteiger partial charge in [0, 0.05) is 19.8 Å². The molecule has 0 aliphatic carbocycles. The smallest absolute Gasteiger partial charge is 0.144 e. The van der Waals surface area contributed by atoms with Crippen LogP contribution in [0.3, 0.4) is 0 Å². The Bertz CT molecular complexity index is 565. The molecular formula is C12H13N5. The summed E-state index contributed by atoms with van der Waals surface area (Å²) in [5.74, 6) is 0.619. The second-order valence-corrected chi connectivity index (χ2v) is 3.57. The zero-order valence-corrected chi connectivity index (χ0v) is 9.81. The van der Waals surface area contributed by atoms with Gasteiger partial charge in [-0.1, -0.05) is 0 Å². The minimum atomic E-state index is 0.553. The summed E-state index contributed by atoms with van der Waals surface area (Å²) in [6, 6.07) is 7.61. The summed E-state index contributed by atoms with van der Waals surface area (Å²) in [7, 11) is 1.86. The lowest BCUT2D eigenvalue weighted by Crippen LogP contribution is -2.04. The molecule has 0 atom stereocenters. The van der Waals surface area contributed by atoms with E-state index in [0.29, 0.717) is 11.4 Å². The van der Waals surface area contributed by atoms with E-state index in [9.17, 15) is 0 Å². The van der Waals surface area contributed by atoms with Gasteiger partial charge in [-0.05, 0) is 25.1 Å². The Morgan fingerprint density at radius 2 is 2.24 bits per heavy atom. The van der Waals surface area contributed by atoms with Crippen molar-refractivity contribution in [1.82, 2.24) is 14.8 Å². The monoisotopic (exact) mass is 227 g/mol. The van der Waals surface area contributed by atoms with Crippen molar-refractivity contribution in [3.63, 3.8) is 0 Å². The molecule has 86 valence electrons. The van der Waals surface area contributed by atoms with Gasteiger partial charge in [0.05, 0.1) is 17.0 Å². The standard InChI is InChI=1S/C12H13N5/c1-3-14-12-9(8-13)4-5-10(16-12)11-6-7-15-17(11)2/h4-7H,3H2,1-2H3,(H,14,16). The van der Waals surface area contributed by atoms with E-state index in [0.717, 1.165) is 17.9 Å².